The van der Waals surface area contributed by atoms with Crippen LogP contribution in [0.4, 0.5) is 13.2 Å². The highest BCUT2D eigenvalue weighted by Gasteiger charge is 2.49. The number of aryl methyl sites for hydroxylation is 2. The number of nitrogens with zero attached hydrogens (tertiary/aromatic N) is 6. The third-order valence-electron chi connectivity index (χ3n) is 7.64. The normalized spacial score (nSPS) is 18.4. The Hall–Kier alpha value is -4.15. The number of pyridine rings is 3. The molecule has 1 atom stereocenters. The van der Waals surface area contributed by atoms with Crippen molar-refractivity contribution in [3.8, 4) is 5.88 Å². The fourth-order valence-corrected chi connectivity index (χ4v) is 6.92. The highest BCUT2D eigenvalue weighted by molar-refractivity contribution is 7.89. The molecule has 0 aliphatic carbocycles. The van der Waals surface area contributed by atoms with Crippen molar-refractivity contribution in [1.29, 1.82) is 0 Å². The van der Waals surface area contributed by atoms with Gasteiger partial charge >= 0.3 is 12.1 Å². The van der Waals surface area contributed by atoms with Gasteiger partial charge in [0.25, 0.3) is 0 Å². The lowest BCUT2D eigenvalue weighted by Crippen LogP contribution is -2.60. The average Bonchev–Trinajstić information content (AvgIpc) is 3.34. The first kappa shape index (κ1) is 28.9. The van der Waals surface area contributed by atoms with Crippen molar-refractivity contribution in [2.75, 3.05) is 19.8 Å². The second-order valence-electron chi connectivity index (χ2n) is 10.6. The Morgan fingerprint density at radius 3 is 2.60 bits per heavy atom. The third-order valence-corrected chi connectivity index (χ3v) is 9.45. The molecule has 0 radical (unpaired) electrons. The Morgan fingerprint density at radius 1 is 1.16 bits per heavy atom. The van der Waals surface area contributed by atoms with Crippen LogP contribution in [0.25, 0.3) is 5.65 Å². The molecule has 43 heavy (non-hydrogen) atoms. The third kappa shape index (κ3) is 5.08. The number of carbonyl (C=O) groups is 1. The van der Waals surface area contributed by atoms with Crippen LogP contribution in [0.3, 0.4) is 0 Å². The molecule has 1 N–H and O–H groups in total. The van der Waals surface area contributed by atoms with Crippen molar-refractivity contribution in [2.24, 2.45) is 0 Å². The van der Waals surface area contributed by atoms with E-state index < -0.39 is 45.9 Å². The van der Waals surface area contributed by atoms with Gasteiger partial charge in [-0.15, -0.1) is 10.2 Å². The number of sulfonamides is 1. The molecular weight excluding hydrogens is 593 g/mol. The van der Waals surface area contributed by atoms with Crippen LogP contribution in [0.1, 0.15) is 46.2 Å². The van der Waals surface area contributed by atoms with Crippen molar-refractivity contribution < 1.29 is 41.0 Å². The van der Waals surface area contributed by atoms with Gasteiger partial charge in [0.15, 0.2) is 11.2 Å². The zero-order valence-electron chi connectivity index (χ0n) is 22.9. The summed E-state index contributed by atoms with van der Waals surface area (Å²) in [6.45, 7) is 3.45. The van der Waals surface area contributed by atoms with E-state index in [1.807, 2.05) is 0 Å². The van der Waals surface area contributed by atoms with Crippen molar-refractivity contribution in [3.05, 3.63) is 76.6 Å². The monoisotopic (exact) mass is 618 g/mol. The minimum atomic E-state index is -4.74. The van der Waals surface area contributed by atoms with Gasteiger partial charge in [-0.25, -0.2) is 13.4 Å². The lowest BCUT2D eigenvalue weighted by Gasteiger charge is -2.41. The maximum absolute atomic E-state index is 13.8. The minimum Gasteiger partial charge on any atom is -0.481 e. The lowest BCUT2D eigenvalue weighted by atomic mass is 9.89. The topological polar surface area (TPSA) is 149 Å². The van der Waals surface area contributed by atoms with E-state index in [2.05, 4.69) is 15.2 Å². The molecule has 16 heteroatoms. The smallest absolute Gasteiger partial charge is 0.452 e. The molecule has 226 valence electrons. The van der Waals surface area contributed by atoms with Gasteiger partial charge in [-0.1, -0.05) is 6.07 Å². The molecule has 0 amide bonds. The summed E-state index contributed by atoms with van der Waals surface area (Å²) >= 11 is 0. The van der Waals surface area contributed by atoms with Gasteiger partial charge in [0.1, 0.15) is 4.90 Å². The number of aliphatic carboxylic acids is 1. The number of carboxylic acids is 1. The Balaban J connectivity index is 1.40. The summed E-state index contributed by atoms with van der Waals surface area (Å²) in [7, 11) is -4.08. The molecule has 0 saturated carbocycles. The maximum atomic E-state index is 13.8. The van der Waals surface area contributed by atoms with Crippen LogP contribution >= 0.6 is 0 Å². The fourth-order valence-electron chi connectivity index (χ4n) is 5.38. The lowest BCUT2D eigenvalue weighted by molar-refractivity contribution is -0.166. The molecule has 1 unspecified atom stereocenters. The number of hydrogen-bond acceptors (Lipinski definition) is 9. The van der Waals surface area contributed by atoms with E-state index in [0.717, 1.165) is 10.6 Å². The molecule has 4 aromatic heterocycles. The van der Waals surface area contributed by atoms with Crippen molar-refractivity contribution >= 4 is 21.6 Å². The molecule has 2 aliphatic heterocycles. The molecule has 1 saturated heterocycles. The molecule has 12 nitrogen and oxygen atoms in total. The van der Waals surface area contributed by atoms with E-state index >= 15 is 0 Å². The number of hydrogen-bond donors (Lipinski definition) is 1. The predicted octanol–water partition coefficient (Wildman–Crippen LogP) is 3.11. The summed E-state index contributed by atoms with van der Waals surface area (Å²) in [5, 5.41) is 16.7. The van der Waals surface area contributed by atoms with Gasteiger partial charge in [0, 0.05) is 24.0 Å². The highest BCUT2D eigenvalue weighted by atomic mass is 32.2. The van der Waals surface area contributed by atoms with E-state index in [0.29, 0.717) is 28.1 Å². The van der Waals surface area contributed by atoms with Crippen molar-refractivity contribution in [3.63, 3.8) is 0 Å². The standard InChI is InChI=1S/C27H25F3N6O6S/c1-15-5-6-19(18(10-22(37)38)17-7-9-36-23(16(17)2)33-34-25(36)27(28,29)30)32-20(15)11-35-12-26(13-41-14-26)42-24-21(43(35,39)40)4-3-8-31-24/h3-9,18H,10-14H2,1-2H3,(H,37,38). The van der Waals surface area contributed by atoms with Gasteiger partial charge < -0.3 is 14.6 Å². The minimum absolute atomic E-state index is 0.0127. The van der Waals surface area contributed by atoms with E-state index in [4.69, 9.17) is 14.5 Å². The number of ether oxygens (including phenoxy) is 2. The fraction of sp³-hybridized carbons (Fsp3) is 0.370. The number of fused-ring (bicyclic) bond motifs is 2. The van der Waals surface area contributed by atoms with Crippen LogP contribution in [0.5, 0.6) is 5.88 Å². The number of halogens is 3. The molecule has 6 rings (SSSR count). The summed E-state index contributed by atoms with van der Waals surface area (Å²) in [5.41, 5.74) is 1.05. The van der Waals surface area contributed by atoms with Crippen molar-refractivity contribution in [1.82, 2.24) is 28.9 Å². The van der Waals surface area contributed by atoms with Crippen LogP contribution < -0.4 is 4.74 Å². The zero-order valence-corrected chi connectivity index (χ0v) is 23.7. The molecule has 2 aliphatic rings. The van der Waals surface area contributed by atoms with Crippen LogP contribution in [-0.2, 0) is 32.3 Å². The maximum Gasteiger partial charge on any atom is 0.452 e. The van der Waals surface area contributed by atoms with Gasteiger partial charge in [-0.2, -0.15) is 17.5 Å². The summed E-state index contributed by atoms with van der Waals surface area (Å²) < 4.78 is 81.2. The Labute approximate surface area is 243 Å². The SMILES string of the molecule is Cc1ccc(C(CC(=O)O)c2ccn3c(C(F)(F)F)nnc3c2C)nc1CN1CC2(COC2)Oc2ncccc2S1(=O)=O. The number of carboxylic acid groups (broad SMARTS) is 1. The molecule has 1 spiro atoms. The first-order chi connectivity index (χ1) is 20.3. The zero-order chi connectivity index (χ0) is 30.7. The van der Waals surface area contributed by atoms with Crippen LogP contribution in [0.2, 0.25) is 0 Å². The Morgan fingerprint density at radius 2 is 1.93 bits per heavy atom. The second kappa shape index (κ2) is 10.2. The summed E-state index contributed by atoms with van der Waals surface area (Å²) in [4.78, 5) is 20.7. The van der Waals surface area contributed by atoms with Crippen LogP contribution in [0, 0.1) is 13.8 Å². The van der Waals surface area contributed by atoms with Gasteiger partial charge in [-0.05, 0) is 54.8 Å². The van der Waals surface area contributed by atoms with E-state index in [1.165, 1.54) is 28.7 Å². The van der Waals surface area contributed by atoms with Gasteiger partial charge in [0.2, 0.25) is 21.7 Å². The summed E-state index contributed by atoms with van der Waals surface area (Å²) in [6, 6.07) is 7.65. The van der Waals surface area contributed by atoms with Gasteiger partial charge in [0.05, 0.1) is 38.4 Å². The molecule has 6 heterocycles. The number of aromatic nitrogens is 5. The quantitative estimate of drug-likeness (QED) is 0.342. The van der Waals surface area contributed by atoms with Crippen molar-refractivity contribution in [2.45, 2.75) is 49.4 Å². The van der Waals surface area contributed by atoms with E-state index in [1.54, 1.807) is 26.0 Å². The van der Waals surface area contributed by atoms with Gasteiger partial charge in [-0.3, -0.25) is 14.2 Å². The summed E-state index contributed by atoms with van der Waals surface area (Å²) in [6.07, 6.45) is -2.57. The second-order valence-corrected chi connectivity index (χ2v) is 12.5. The first-order valence-electron chi connectivity index (χ1n) is 13.1. The number of alkyl halides is 3. The summed E-state index contributed by atoms with van der Waals surface area (Å²) in [5.74, 6) is -3.25. The molecule has 1 fully saturated rings. The highest BCUT2D eigenvalue weighted by Crippen LogP contribution is 2.38. The Bertz CT molecular complexity index is 1860. The average molecular weight is 619 g/mol. The van der Waals surface area contributed by atoms with E-state index in [-0.39, 0.29) is 42.7 Å². The molecule has 4 aromatic rings. The Kier molecular flexibility index (Phi) is 6.89. The molecule has 0 aromatic carbocycles. The van der Waals surface area contributed by atoms with Crippen LogP contribution in [0.15, 0.2) is 47.6 Å². The predicted molar refractivity (Wildman–Crippen MR) is 142 cm³/mol. The largest absolute Gasteiger partial charge is 0.481 e. The van der Waals surface area contributed by atoms with E-state index in [9.17, 15) is 31.5 Å². The molecular formula is C27H25F3N6O6S. The molecule has 0 bridgehead atoms. The van der Waals surface area contributed by atoms with Crippen LogP contribution in [-0.4, -0.2) is 73.7 Å². The first-order valence-corrected chi connectivity index (χ1v) is 14.5. The number of rotatable bonds is 6.